The van der Waals surface area contributed by atoms with Crippen LogP contribution in [0.4, 0.5) is 0 Å². The Hall–Kier alpha value is -0.400. The van der Waals surface area contributed by atoms with E-state index in [4.69, 9.17) is 27.9 Å². The van der Waals surface area contributed by atoms with E-state index in [1.54, 1.807) is 12.1 Å². The first-order chi connectivity index (χ1) is 5.74. The monoisotopic (exact) mass is 204 g/mol. The summed E-state index contributed by atoms with van der Waals surface area (Å²) < 4.78 is 5.35. The van der Waals surface area contributed by atoms with Crippen molar-refractivity contribution in [3.05, 3.63) is 28.2 Å². The molecule has 0 unspecified atom stereocenters. The third-order valence-electron chi connectivity index (χ3n) is 1.36. The SMILES string of the molecule is CCCOc1ccc(Cl)c(Cl)c1. The normalized spacial score (nSPS) is 9.92. The average Bonchev–Trinajstić information content (AvgIpc) is 2.07. The van der Waals surface area contributed by atoms with Gasteiger partial charge >= 0.3 is 0 Å². The molecule has 1 aromatic rings. The standard InChI is InChI=1S/C9H10Cl2O/c1-2-5-12-7-3-4-8(10)9(11)6-7/h3-4,6H,2,5H2,1H3. The van der Waals surface area contributed by atoms with E-state index in [-0.39, 0.29) is 0 Å². The van der Waals surface area contributed by atoms with Crippen LogP contribution in [0.1, 0.15) is 13.3 Å². The maximum Gasteiger partial charge on any atom is 0.120 e. The molecule has 0 saturated heterocycles. The summed E-state index contributed by atoms with van der Waals surface area (Å²) in [7, 11) is 0. The second kappa shape index (κ2) is 4.58. The lowest BCUT2D eigenvalue weighted by Crippen LogP contribution is -1.94. The van der Waals surface area contributed by atoms with Crippen LogP contribution < -0.4 is 4.74 Å². The molecule has 0 saturated carbocycles. The van der Waals surface area contributed by atoms with Gasteiger partial charge in [0.15, 0.2) is 0 Å². The second-order valence-corrected chi connectivity index (χ2v) is 3.24. The summed E-state index contributed by atoms with van der Waals surface area (Å²) >= 11 is 11.5. The molecular weight excluding hydrogens is 195 g/mol. The Balaban J connectivity index is 2.69. The van der Waals surface area contributed by atoms with Crippen molar-refractivity contribution in [2.24, 2.45) is 0 Å². The van der Waals surface area contributed by atoms with E-state index >= 15 is 0 Å². The van der Waals surface area contributed by atoms with Gasteiger partial charge in [-0.2, -0.15) is 0 Å². The highest BCUT2D eigenvalue weighted by atomic mass is 35.5. The summed E-state index contributed by atoms with van der Waals surface area (Å²) in [5.41, 5.74) is 0. The molecule has 0 radical (unpaired) electrons. The molecular formula is C9H10Cl2O. The molecule has 1 aromatic carbocycles. The Bertz CT molecular complexity index is 261. The van der Waals surface area contributed by atoms with Crippen molar-refractivity contribution in [2.75, 3.05) is 6.61 Å². The van der Waals surface area contributed by atoms with Crippen molar-refractivity contribution in [3.8, 4) is 5.75 Å². The average molecular weight is 205 g/mol. The number of hydrogen-bond acceptors (Lipinski definition) is 1. The van der Waals surface area contributed by atoms with Gasteiger partial charge in [-0.05, 0) is 18.6 Å². The fraction of sp³-hybridized carbons (Fsp3) is 0.333. The van der Waals surface area contributed by atoms with E-state index in [0.717, 1.165) is 12.2 Å². The van der Waals surface area contributed by atoms with E-state index in [0.29, 0.717) is 16.7 Å². The number of benzene rings is 1. The molecule has 0 aromatic heterocycles. The fourth-order valence-corrected chi connectivity index (χ4v) is 1.07. The van der Waals surface area contributed by atoms with Crippen LogP contribution in [0.25, 0.3) is 0 Å². The molecule has 0 bridgehead atoms. The Morgan fingerprint density at radius 1 is 1.25 bits per heavy atom. The summed E-state index contributed by atoms with van der Waals surface area (Å²) in [5.74, 6) is 0.770. The van der Waals surface area contributed by atoms with Crippen LogP contribution >= 0.6 is 23.2 Å². The van der Waals surface area contributed by atoms with Crippen LogP contribution in [0.2, 0.25) is 10.0 Å². The van der Waals surface area contributed by atoms with Crippen LogP contribution in [-0.4, -0.2) is 6.61 Å². The van der Waals surface area contributed by atoms with Crippen LogP contribution in [0, 0.1) is 0 Å². The van der Waals surface area contributed by atoms with E-state index < -0.39 is 0 Å². The number of halogens is 2. The van der Waals surface area contributed by atoms with Gasteiger partial charge in [-0.1, -0.05) is 30.1 Å². The third kappa shape index (κ3) is 2.58. The molecule has 0 aliphatic rings. The van der Waals surface area contributed by atoms with Gasteiger partial charge in [0, 0.05) is 6.07 Å². The van der Waals surface area contributed by atoms with Crippen molar-refractivity contribution in [3.63, 3.8) is 0 Å². The van der Waals surface area contributed by atoms with Gasteiger partial charge in [0.2, 0.25) is 0 Å². The summed E-state index contributed by atoms with van der Waals surface area (Å²) in [6, 6.07) is 5.26. The molecule has 0 aliphatic carbocycles. The quantitative estimate of drug-likeness (QED) is 0.729. The highest BCUT2D eigenvalue weighted by molar-refractivity contribution is 6.42. The topological polar surface area (TPSA) is 9.23 Å². The third-order valence-corrected chi connectivity index (χ3v) is 2.10. The first kappa shape index (κ1) is 9.69. The highest BCUT2D eigenvalue weighted by Gasteiger charge is 1.98. The smallest absolute Gasteiger partial charge is 0.120 e. The van der Waals surface area contributed by atoms with Gasteiger partial charge in [-0.25, -0.2) is 0 Å². The first-order valence-electron chi connectivity index (χ1n) is 3.82. The fourth-order valence-electron chi connectivity index (χ4n) is 0.787. The molecule has 0 N–H and O–H groups in total. The molecule has 12 heavy (non-hydrogen) atoms. The lowest BCUT2D eigenvalue weighted by Gasteiger charge is -2.04. The van der Waals surface area contributed by atoms with E-state index in [1.807, 2.05) is 6.07 Å². The molecule has 0 spiro atoms. The Labute approximate surface area is 82.2 Å². The summed E-state index contributed by atoms with van der Waals surface area (Å²) in [6.07, 6.45) is 0.986. The maximum absolute atomic E-state index is 5.78. The van der Waals surface area contributed by atoms with Gasteiger partial charge in [0.1, 0.15) is 5.75 Å². The Morgan fingerprint density at radius 2 is 2.00 bits per heavy atom. The zero-order valence-corrected chi connectivity index (χ0v) is 8.32. The maximum atomic E-state index is 5.78. The number of hydrogen-bond donors (Lipinski definition) is 0. The second-order valence-electron chi connectivity index (χ2n) is 2.42. The molecule has 0 atom stereocenters. The minimum Gasteiger partial charge on any atom is -0.494 e. The zero-order chi connectivity index (χ0) is 8.97. The van der Waals surface area contributed by atoms with Gasteiger partial charge in [-0.15, -0.1) is 0 Å². The van der Waals surface area contributed by atoms with Crippen LogP contribution in [0.5, 0.6) is 5.75 Å². The highest BCUT2D eigenvalue weighted by Crippen LogP contribution is 2.26. The van der Waals surface area contributed by atoms with Crippen molar-refractivity contribution >= 4 is 23.2 Å². The Morgan fingerprint density at radius 3 is 2.58 bits per heavy atom. The molecule has 1 nitrogen and oxygen atoms in total. The summed E-state index contributed by atoms with van der Waals surface area (Å²) in [4.78, 5) is 0. The minimum atomic E-state index is 0.533. The number of ether oxygens (including phenoxy) is 1. The van der Waals surface area contributed by atoms with Gasteiger partial charge in [0.25, 0.3) is 0 Å². The molecule has 3 heteroatoms. The van der Waals surface area contributed by atoms with E-state index in [9.17, 15) is 0 Å². The van der Waals surface area contributed by atoms with Gasteiger partial charge in [0.05, 0.1) is 16.7 Å². The molecule has 0 aliphatic heterocycles. The molecule has 0 heterocycles. The lowest BCUT2D eigenvalue weighted by atomic mass is 10.3. The molecule has 0 amide bonds. The van der Waals surface area contributed by atoms with Crippen LogP contribution in [0.15, 0.2) is 18.2 Å². The van der Waals surface area contributed by atoms with Crippen molar-refractivity contribution in [2.45, 2.75) is 13.3 Å². The largest absolute Gasteiger partial charge is 0.494 e. The minimum absolute atomic E-state index is 0.533. The summed E-state index contributed by atoms with van der Waals surface area (Å²) in [6.45, 7) is 2.76. The van der Waals surface area contributed by atoms with Gasteiger partial charge in [-0.3, -0.25) is 0 Å². The van der Waals surface area contributed by atoms with Crippen LogP contribution in [-0.2, 0) is 0 Å². The van der Waals surface area contributed by atoms with Crippen molar-refractivity contribution < 1.29 is 4.74 Å². The first-order valence-corrected chi connectivity index (χ1v) is 4.57. The number of rotatable bonds is 3. The van der Waals surface area contributed by atoms with Crippen molar-refractivity contribution in [1.82, 2.24) is 0 Å². The van der Waals surface area contributed by atoms with Crippen molar-refractivity contribution in [1.29, 1.82) is 0 Å². The molecule has 1 rings (SSSR count). The molecule has 0 fully saturated rings. The van der Waals surface area contributed by atoms with Crippen LogP contribution in [0.3, 0.4) is 0 Å². The van der Waals surface area contributed by atoms with E-state index in [1.165, 1.54) is 0 Å². The predicted octanol–water partition coefficient (Wildman–Crippen LogP) is 3.78. The van der Waals surface area contributed by atoms with Gasteiger partial charge < -0.3 is 4.74 Å². The molecule has 66 valence electrons. The predicted molar refractivity (Wildman–Crippen MR) is 52.2 cm³/mol. The zero-order valence-electron chi connectivity index (χ0n) is 6.81. The Kier molecular flexibility index (Phi) is 3.70. The van der Waals surface area contributed by atoms with E-state index in [2.05, 4.69) is 6.92 Å². The summed E-state index contributed by atoms with van der Waals surface area (Å²) in [5, 5.41) is 1.09. The lowest BCUT2D eigenvalue weighted by molar-refractivity contribution is 0.317.